The first kappa shape index (κ1) is 12.6. The molecule has 0 aliphatic heterocycles. The fraction of sp³-hybridized carbons (Fsp3) is 0. The summed E-state index contributed by atoms with van der Waals surface area (Å²) in [4.78, 5) is 11.5. The van der Waals surface area contributed by atoms with Gasteiger partial charge in [-0.15, -0.1) is 0 Å². The van der Waals surface area contributed by atoms with Gasteiger partial charge in [0.25, 0.3) is 0 Å². The molecular weight excluding hydrogens is 301 g/mol. The van der Waals surface area contributed by atoms with E-state index in [1.165, 1.54) is 12.1 Å². The Bertz CT molecular complexity index is 560. The molecule has 1 N–H and O–H groups in total. The van der Waals surface area contributed by atoms with Gasteiger partial charge in [-0.05, 0) is 30.3 Å². The van der Waals surface area contributed by atoms with Crippen molar-refractivity contribution in [3.05, 3.63) is 58.8 Å². The van der Waals surface area contributed by atoms with Gasteiger partial charge in [0.05, 0.1) is 0 Å². The summed E-state index contributed by atoms with van der Waals surface area (Å²) in [6.07, 6.45) is -0.734. The van der Waals surface area contributed by atoms with Crippen molar-refractivity contribution in [3.8, 4) is 5.75 Å². The summed E-state index contributed by atoms with van der Waals surface area (Å²) in [7, 11) is 0. The molecule has 2 aromatic rings. The molecule has 0 atom stereocenters. The van der Waals surface area contributed by atoms with E-state index in [1.807, 2.05) is 6.07 Å². The lowest BCUT2D eigenvalue weighted by Crippen LogP contribution is -2.17. The highest BCUT2D eigenvalue weighted by Crippen LogP contribution is 2.21. The van der Waals surface area contributed by atoms with Crippen LogP contribution in [0.15, 0.2) is 53.0 Å². The maximum absolute atomic E-state index is 13.4. The van der Waals surface area contributed by atoms with Crippen LogP contribution in [0.25, 0.3) is 0 Å². The van der Waals surface area contributed by atoms with Crippen molar-refractivity contribution in [2.45, 2.75) is 0 Å². The first-order valence-electron chi connectivity index (χ1n) is 5.14. The lowest BCUT2D eigenvalue weighted by atomic mass is 10.3. The van der Waals surface area contributed by atoms with Crippen molar-refractivity contribution in [2.24, 2.45) is 0 Å². The Morgan fingerprint density at radius 2 is 1.89 bits per heavy atom. The van der Waals surface area contributed by atoms with Crippen molar-refractivity contribution in [3.63, 3.8) is 0 Å². The van der Waals surface area contributed by atoms with Crippen molar-refractivity contribution in [1.29, 1.82) is 0 Å². The lowest BCUT2D eigenvalue weighted by Gasteiger charge is -2.07. The zero-order valence-corrected chi connectivity index (χ0v) is 10.8. The van der Waals surface area contributed by atoms with Crippen LogP contribution in [0.4, 0.5) is 14.9 Å². The van der Waals surface area contributed by atoms with Crippen LogP contribution in [0.3, 0.4) is 0 Å². The second kappa shape index (κ2) is 5.64. The van der Waals surface area contributed by atoms with E-state index in [1.54, 1.807) is 30.3 Å². The highest BCUT2D eigenvalue weighted by molar-refractivity contribution is 9.10. The van der Waals surface area contributed by atoms with Crippen molar-refractivity contribution >= 4 is 27.7 Å². The van der Waals surface area contributed by atoms with Crippen molar-refractivity contribution in [1.82, 2.24) is 0 Å². The third-order valence-electron chi connectivity index (χ3n) is 2.12. The van der Waals surface area contributed by atoms with Gasteiger partial charge in [0, 0.05) is 10.2 Å². The predicted octanol–water partition coefficient (Wildman–Crippen LogP) is 4.20. The van der Waals surface area contributed by atoms with Gasteiger partial charge in [0.1, 0.15) is 0 Å². The van der Waals surface area contributed by atoms with E-state index in [2.05, 4.69) is 21.2 Å². The number of rotatable bonds is 2. The minimum absolute atomic E-state index is 0.119. The molecule has 92 valence electrons. The van der Waals surface area contributed by atoms with Gasteiger partial charge in [0.15, 0.2) is 11.6 Å². The fourth-order valence-electron chi connectivity index (χ4n) is 1.32. The number of benzene rings is 2. The third-order valence-corrected chi connectivity index (χ3v) is 2.61. The molecule has 0 heterocycles. The van der Waals surface area contributed by atoms with E-state index >= 15 is 0 Å². The zero-order valence-electron chi connectivity index (χ0n) is 9.19. The predicted molar refractivity (Wildman–Crippen MR) is 70.2 cm³/mol. The molecule has 0 aromatic heterocycles. The zero-order chi connectivity index (χ0) is 13.0. The average Bonchev–Trinajstić information content (AvgIpc) is 2.34. The first-order chi connectivity index (χ1) is 8.65. The molecule has 0 aliphatic carbocycles. The topological polar surface area (TPSA) is 38.3 Å². The van der Waals surface area contributed by atoms with Gasteiger partial charge >= 0.3 is 6.09 Å². The van der Waals surface area contributed by atoms with Crippen LogP contribution < -0.4 is 10.1 Å². The molecule has 0 bridgehead atoms. The minimum atomic E-state index is -0.734. The highest BCUT2D eigenvalue weighted by atomic mass is 79.9. The Hall–Kier alpha value is -1.88. The van der Waals surface area contributed by atoms with Gasteiger partial charge in [-0.3, -0.25) is 5.32 Å². The second-order valence-corrected chi connectivity index (χ2v) is 4.37. The highest BCUT2D eigenvalue weighted by Gasteiger charge is 2.09. The molecule has 1 amide bonds. The van der Waals surface area contributed by atoms with E-state index in [0.29, 0.717) is 10.2 Å². The van der Waals surface area contributed by atoms with E-state index in [9.17, 15) is 9.18 Å². The van der Waals surface area contributed by atoms with E-state index in [-0.39, 0.29) is 5.75 Å². The molecule has 0 spiro atoms. The van der Waals surface area contributed by atoms with Gasteiger partial charge in [-0.25, -0.2) is 9.18 Å². The van der Waals surface area contributed by atoms with E-state index in [4.69, 9.17) is 4.74 Å². The van der Waals surface area contributed by atoms with Crippen LogP contribution in [-0.2, 0) is 0 Å². The third kappa shape index (κ3) is 3.30. The summed E-state index contributed by atoms with van der Waals surface area (Å²) >= 11 is 3.12. The second-order valence-electron chi connectivity index (χ2n) is 3.46. The number of carbonyl (C=O) groups excluding carboxylic acids is 1. The SMILES string of the molecule is O=C(Nc1ccccc1)Oc1ccc(Br)cc1F. The number of hydrogen-bond acceptors (Lipinski definition) is 2. The molecular formula is C13H9BrFNO2. The molecule has 0 fully saturated rings. The van der Waals surface area contributed by atoms with E-state index < -0.39 is 11.9 Å². The number of nitrogens with one attached hydrogen (secondary N) is 1. The molecule has 0 saturated heterocycles. The lowest BCUT2D eigenvalue weighted by molar-refractivity contribution is 0.213. The number of carbonyl (C=O) groups is 1. The number of hydrogen-bond donors (Lipinski definition) is 1. The van der Waals surface area contributed by atoms with Crippen LogP contribution in [0, 0.1) is 5.82 Å². The Morgan fingerprint density at radius 1 is 1.17 bits per heavy atom. The summed E-state index contributed by atoms with van der Waals surface area (Å²) in [6, 6.07) is 13.0. The fourth-order valence-corrected chi connectivity index (χ4v) is 1.66. The van der Waals surface area contributed by atoms with Crippen LogP contribution in [0.2, 0.25) is 0 Å². The summed E-state index contributed by atoms with van der Waals surface area (Å²) in [6.45, 7) is 0. The summed E-state index contributed by atoms with van der Waals surface area (Å²) in [5.74, 6) is -0.723. The first-order valence-corrected chi connectivity index (χ1v) is 5.93. The largest absolute Gasteiger partial charge is 0.417 e. The number of amides is 1. The van der Waals surface area contributed by atoms with Crippen LogP contribution in [0.1, 0.15) is 0 Å². The Kier molecular flexibility index (Phi) is 3.94. The van der Waals surface area contributed by atoms with Crippen LogP contribution in [0.5, 0.6) is 5.75 Å². The standard InChI is InChI=1S/C13H9BrFNO2/c14-9-6-7-12(11(15)8-9)18-13(17)16-10-4-2-1-3-5-10/h1-8H,(H,16,17). The molecule has 0 radical (unpaired) electrons. The Balaban J connectivity index is 2.03. The molecule has 5 heteroatoms. The summed E-state index contributed by atoms with van der Waals surface area (Å²) < 4.78 is 18.9. The van der Waals surface area contributed by atoms with Crippen LogP contribution >= 0.6 is 15.9 Å². The summed E-state index contributed by atoms with van der Waals surface area (Å²) in [5.41, 5.74) is 0.583. The number of ether oxygens (including phenoxy) is 1. The van der Waals surface area contributed by atoms with Gasteiger partial charge in [-0.1, -0.05) is 34.1 Å². The molecule has 18 heavy (non-hydrogen) atoms. The average molecular weight is 310 g/mol. The van der Waals surface area contributed by atoms with Gasteiger partial charge in [-0.2, -0.15) is 0 Å². The number of para-hydroxylation sites is 1. The summed E-state index contributed by atoms with van der Waals surface area (Å²) in [5, 5.41) is 2.49. The maximum Gasteiger partial charge on any atom is 0.417 e. The molecule has 0 saturated carbocycles. The molecule has 0 unspecified atom stereocenters. The van der Waals surface area contributed by atoms with E-state index in [0.717, 1.165) is 0 Å². The molecule has 3 nitrogen and oxygen atoms in total. The normalized spacial score (nSPS) is 9.89. The minimum Gasteiger partial charge on any atom is -0.407 e. The Morgan fingerprint density at radius 3 is 2.56 bits per heavy atom. The molecule has 2 aromatic carbocycles. The van der Waals surface area contributed by atoms with Crippen LogP contribution in [-0.4, -0.2) is 6.09 Å². The quantitative estimate of drug-likeness (QED) is 0.903. The van der Waals surface area contributed by atoms with Crippen molar-refractivity contribution < 1.29 is 13.9 Å². The van der Waals surface area contributed by atoms with Crippen molar-refractivity contribution in [2.75, 3.05) is 5.32 Å². The van der Waals surface area contributed by atoms with Gasteiger partial charge in [0.2, 0.25) is 0 Å². The smallest absolute Gasteiger partial charge is 0.407 e. The number of halogens is 2. The molecule has 2 rings (SSSR count). The maximum atomic E-state index is 13.4. The number of anilines is 1. The molecule has 0 aliphatic rings. The Labute approximate surface area is 112 Å². The monoisotopic (exact) mass is 309 g/mol. The van der Waals surface area contributed by atoms with Gasteiger partial charge < -0.3 is 4.74 Å².